The van der Waals surface area contributed by atoms with Gasteiger partial charge in [-0.2, -0.15) is 5.26 Å². The minimum Gasteiger partial charge on any atom is -0.361 e. The minimum absolute atomic E-state index is 0.196. The van der Waals surface area contributed by atoms with Gasteiger partial charge in [0, 0.05) is 34.9 Å². The van der Waals surface area contributed by atoms with Crippen molar-refractivity contribution in [2.45, 2.75) is 44.4 Å². The lowest BCUT2D eigenvalue weighted by Gasteiger charge is -2.33. The van der Waals surface area contributed by atoms with Crippen molar-refractivity contribution >= 4 is 22.5 Å². The Morgan fingerprint density at radius 1 is 1.09 bits per heavy atom. The standard InChI is InChI=1S/C27H30N4O/c28-16-20-6-3-7-22(14-20)27(32)30-23-8-9-26-24(15-23)25(17-29-26)21-10-12-31(13-11-21)18-19-4-1-2-5-19/h3,6-9,14-15,17,19,21,29H,1-2,4-5,10-13,18H2,(H,30,32). The summed E-state index contributed by atoms with van der Waals surface area (Å²) in [4.78, 5) is 18.8. The number of fused-ring (bicyclic) bond motifs is 1. The highest BCUT2D eigenvalue weighted by Gasteiger charge is 2.25. The fraction of sp³-hybridized carbons (Fsp3) is 0.407. The molecule has 2 fully saturated rings. The highest BCUT2D eigenvalue weighted by atomic mass is 16.1. The maximum absolute atomic E-state index is 12.7. The lowest BCUT2D eigenvalue weighted by atomic mass is 9.88. The van der Waals surface area contributed by atoms with E-state index in [1.54, 1.807) is 24.3 Å². The van der Waals surface area contributed by atoms with E-state index in [1.807, 2.05) is 12.1 Å². The van der Waals surface area contributed by atoms with Crippen molar-refractivity contribution in [1.82, 2.24) is 9.88 Å². The maximum Gasteiger partial charge on any atom is 0.255 e. The van der Waals surface area contributed by atoms with Crippen molar-refractivity contribution in [3.63, 3.8) is 0 Å². The van der Waals surface area contributed by atoms with Crippen LogP contribution in [0.5, 0.6) is 0 Å². The molecule has 1 aliphatic heterocycles. The number of nitrogens with zero attached hydrogens (tertiary/aromatic N) is 2. The van der Waals surface area contributed by atoms with Crippen LogP contribution in [0.15, 0.2) is 48.7 Å². The topological polar surface area (TPSA) is 71.9 Å². The van der Waals surface area contributed by atoms with Gasteiger partial charge in [0.2, 0.25) is 0 Å². The molecule has 1 saturated carbocycles. The monoisotopic (exact) mass is 426 g/mol. The smallest absolute Gasteiger partial charge is 0.255 e. The van der Waals surface area contributed by atoms with Crippen LogP contribution in [0.2, 0.25) is 0 Å². The number of hydrogen-bond donors (Lipinski definition) is 2. The Labute approximate surface area is 189 Å². The van der Waals surface area contributed by atoms with Crippen LogP contribution >= 0.6 is 0 Å². The van der Waals surface area contributed by atoms with E-state index in [0.29, 0.717) is 17.0 Å². The predicted molar refractivity (Wildman–Crippen MR) is 128 cm³/mol. The molecule has 164 valence electrons. The number of hydrogen-bond acceptors (Lipinski definition) is 3. The number of aromatic nitrogens is 1. The fourth-order valence-corrected chi connectivity index (χ4v) is 5.48. The molecule has 5 nitrogen and oxygen atoms in total. The highest BCUT2D eigenvalue weighted by Crippen LogP contribution is 2.35. The normalized spacial score (nSPS) is 18.1. The summed E-state index contributed by atoms with van der Waals surface area (Å²) < 4.78 is 0. The number of piperidine rings is 1. The van der Waals surface area contributed by atoms with Crippen LogP contribution in [0, 0.1) is 17.2 Å². The van der Waals surface area contributed by atoms with Gasteiger partial charge in [-0.25, -0.2) is 0 Å². The molecule has 1 aliphatic carbocycles. The van der Waals surface area contributed by atoms with Crippen LogP contribution in [0.3, 0.4) is 0 Å². The summed E-state index contributed by atoms with van der Waals surface area (Å²) in [5.41, 5.74) is 4.23. The fourth-order valence-electron chi connectivity index (χ4n) is 5.48. The number of rotatable bonds is 5. The number of nitriles is 1. The van der Waals surface area contributed by atoms with Crippen LogP contribution in [0.25, 0.3) is 10.9 Å². The Kier molecular flexibility index (Phi) is 5.96. The first-order valence-corrected chi connectivity index (χ1v) is 11.8. The Hall–Kier alpha value is -3.10. The van der Waals surface area contributed by atoms with E-state index in [2.05, 4.69) is 33.5 Å². The summed E-state index contributed by atoms with van der Waals surface area (Å²) in [6.45, 7) is 3.64. The Morgan fingerprint density at radius 2 is 1.91 bits per heavy atom. The van der Waals surface area contributed by atoms with Crippen LogP contribution in [0.1, 0.15) is 65.9 Å². The van der Waals surface area contributed by atoms with E-state index in [9.17, 15) is 4.79 Å². The molecule has 1 amide bonds. The number of benzene rings is 2. The number of anilines is 1. The first-order chi connectivity index (χ1) is 15.7. The van der Waals surface area contributed by atoms with Gasteiger partial charge in [-0.1, -0.05) is 18.9 Å². The molecule has 2 aromatic carbocycles. The van der Waals surface area contributed by atoms with Crippen molar-refractivity contribution in [3.8, 4) is 6.07 Å². The summed E-state index contributed by atoms with van der Waals surface area (Å²) in [5.74, 6) is 1.28. The van der Waals surface area contributed by atoms with Crippen molar-refractivity contribution in [1.29, 1.82) is 5.26 Å². The van der Waals surface area contributed by atoms with Crippen LogP contribution in [0.4, 0.5) is 5.69 Å². The number of H-pyrrole nitrogens is 1. The molecule has 0 unspecified atom stereocenters. The number of nitrogens with one attached hydrogen (secondary N) is 2. The first kappa shape index (κ1) is 20.8. The average Bonchev–Trinajstić information content (AvgIpc) is 3.49. The molecule has 2 heterocycles. The molecular weight excluding hydrogens is 396 g/mol. The van der Waals surface area contributed by atoms with E-state index in [1.165, 1.54) is 69.1 Å². The molecule has 2 aliphatic rings. The van der Waals surface area contributed by atoms with Crippen LogP contribution in [-0.2, 0) is 0 Å². The van der Waals surface area contributed by atoms with Gasteiger partial charge < -0.3 is 15.2 Å². The van der Waals surface area contributed by atoms with E-state index < -0.39 is 0 Å². The molecule has 1 saturated heterocycles. The zero-order valence-corrected chi connectivity index (χ0v) is 18.4. The summed E-state index contributed by atoms with van der Waals surface area (Å²) in [7, 11) is 0. The molecule has 0 radical (unpaired) electrons. The molecular formula is C27H30N4O. The lowest BCUT2D eigenvalue weighted by Crippen LogP contribution is -2.36. The molecule has 5 rings (SSSR count). The van der Waals surface area contributed by atoms with Crippen LogP contribution in [-0.4, -0.2) is 35.4 Å². The number of amides is 1. The molecule has 3 aromatic rings. The highest BCUT2D eigenvalue weighted by molar-refractivity contribution is 6.05. The number of carbonyl (C=O) groups is 1. The maximum atomic E-state index is 12.7. The molecule has 0 spiro atoms. The SMILES string of the molecule is N#Cc1cccc(C(=O)Nc2ccc3[nH]cc(C4CCN(CC5CCCC5)CC4)c3c2)c1. The van der Waals surface area contributed by atoms with Gasteiger partial charge in [0.05, 0.1) is 11.6 Å². The van der Waals surface area contributed by atoms with E-state index in [4.69, 9.17) is 5.26 Å². The van der Waals surface area contributed by atoms with Gasteiger partial charge in [-0.15, -0.1) is 0 Å². The van der Waals surface area contributed by atoms with Crippen molar-refractivity contribution in [2.75, 3.05) is 25.0 Å². The zero-order chi connectivity index (χ0) is 21.9. The Bertz CT molecular complexity index is 1140. The van der Waals surface area contributed by atoms with Crippen molar-refractivity contribution in [2.24, 2.45) is 5.92 Å². The van der Waals surface area contributed by atoms with Gasteiger partial charge in [-0.3, -0.25) is 4.79 Å². The summed E-state index contributed by atoms with van der Waals surface area (Å²) in [6.07, 6.45) is 10.2. The molecule has 1 aromatic heterocycles. The molecule has 0 atom stereocenters. The second-order valence-electron chi connectivity index (χ2n) is 9.38. The summed E-state index contributed by atoms with van der Waals surface area (Å²) in [6, 6.07) is 14.9. The first-order valence-electron chi connectivity index (χ1n) is 11.8. The number of likely N-dealkylation sites (tertiary alicyclic amines) is 1. The van der Waals surface area contributed by atoms with Gasteiger partial charge >= 0.3 is 0 Å². The summed E-state index contributed by atoms with van der Waals surface area (Å²) in [5, 5.41) is 13.3. The predicted octanol–water partition coefficient (Wildman–Crippen LogP) is 5.66. The largest absolute Gasteiger partial charge is 0.361 e. The Balaban J connectivity index is 1.28. The molecule has 32 heavy (non-hydrogen) atoms. The lowest BCUT2D eigenvalue weighted by molar-refractivity contribution is 0.102. The van der Waals surface area contributed by atoms with Crippen molar-refractivity contribution < 1.29 is 4.79 Å². The molecule has 0 bridgehead atoms. The van der Waals surface area contributed by atoms with Crippen LogP contribution < -0.4 is 5.32 Å². The minimum atomic E-state index is -0.196. The zero-order valence-electron chi connectivity index (χ0n) is 18.4. The Morgan fingerprint density at radius 3 is 2.69 bits per heavy atom. The average molecular weight is 427 g/mol. The number of carbonyl (C=O) groups excluding carboxylic acids is 1. The van der Waals surface area contributed by atoms with E-state index >= 15 is 0 Å². The molecule has 2 N–H and O–H groups in total. The van der Waals surface area contributed by atoms with Gasteiger partial charge in [0.25, 0.3) is 5.91 Å². The quantitative estimate of drug-likeness (QED) is 0.553. The molecule has 5 heteroatoms. The third-order valence-corrected chi connectivity index (χ3v) is 7.24. The van der Waals surface area contributed by atoms with E-state index in [-0.39, 0.29) is 5.91 Å². The third kappa shape index (κ3) is 4.42. The second-order valence-corrected chi connectivity index (χ2v) is 9.38. The van der Waals surface area contributed by atoms with Crippen molar-refractivity contribution in [3.05, 3.63) is 65.4 Å². The van der Waals surface area contributed by atoms with Gasteiger partial charge in [0.1, 0.15) is 0 Å². The number of aromatic amines is 1. The van der Waals surface area contributed by atoms with Gasteiger partial charge in [0.15, 0.2) is 0 Å². The second kappa shape index (κ2) is 9.18. The van der Waals surface area contributed by atoms with Gasteiger partial charge in [-0.05, 0) is 92.6 Å². The third-order valence-electron chi connectivity index (χ3n) is 7.24. The summed E-state index contributed by atoms with van der Waals surface area (Å²) >= 11 is 0. The van der Waals surface area contributed by atoms with E-state index in [0.717, 1.165) is 17.1 Å².